The molecule has 0 bridgehead atoms. The highest BCUT2D eigenvalue weighted by atomic mass is 79.9. The highest BCUT2D eigenvalue weighted by Gasteiger charge is 2.12. The van der Waals surface area contributed by atoms with Crippen LogP contribution in [0.3, 0.4) is 0 Å². The van der Waals surface area contributed by atoms with Crippen molar-refractivity contribution in [1.82, 2.24) is 10.2 Å². The Morgan fingerprint density at radius 3 is 2.19 bits per heavy atom. The van der Waals surface area contributed by atoms with Gasteiger partial charge in [-0.3, -0.25) is 0 Å². The van der Waals surface area contributed by atoms with Crippen molar-refractivity contribution >= 4 is 31.9 Å². The third-order valence-electron chi connectivity index (χ3n) is 2.04. The quantitative estimate of drug-likeness (QED) is 0.810. The smallest absolute Gasteiger partial charge is 0.247 e. The molecule has 3 nitrogen and oxygen atoms in total. The minimum Gasteiger partial charge on any atom is -0.420 e. The van der Waals surface area contributed by atoms with E-state index in [1.807, 2.05) is 32.0 Å². The highest BCUT2D eigenvalue weighted by Crippen LogP contribution is 2.27. The van der Waals surface area contributed by atoms with Crippen LogP contribution in [0.1, 0.15) is 25.7 Å². The highest BCUT2D eigenvalue weighted by molar-refractivity contribution is 9.11. The summed E-state index contributed by atoms with van der Waals surface area (Å²) in [5.74, 6) is 1.45. The van der Waals surface area contributed by atoms with Gasteiger partial charge in [-0.05, 0) is 18.2 Å². The molecule has 2 aromatic rings. The molecule has 0 aliphatic carbocycles. The third-order valence-corrected chi connectivity index (χ3v) is 2.96. The van der Waals surface area contributed by atoms with Crippen molar-refractivity contribution in [3.63, 3.8) is 0 Å². The monoisotopic (exact) mass is 344 g/mol. The molecule has 16 heavy (non-hydrogen) atoms. The summed E-state index contributed by atoms with van der Waals surface area (Å²) in [4.78, 5) is 0. The van der Waals surface area contributed by atoms with Crippen LogP contribution in [0.15, 0.2) is 31.6 Å². The molecule has 0 fully saturated rings. The molecule has 0 saturated carbocycles. The molecule has 0 atom stereocenters. The van der Waals surface area contributed by atoms with Crippen LogP contribution in [-0.4, -0.2) is 10.2 Å². The SMILES string of the molecule is CC(C)c1nnc(-c2cc(Br)cc(Br)c2)o1. The van der Waals surface area contributed by atoms with Gasteiger partial charge in [0.05, 0.1) is 0 Å². The van der Waals surface area contributed by atoms with Crippen LogP contribution in [0.5, 0.6) is 0 Å². The van der Waals surface area contributed by atoms with Gasteiger partial charge in [-0.25, -0.2) is 0 Å². The van der Waals surface area contributed by atoms with E-state index in [9.17, 15) is 0 Å². The number of aromatic nitrogens is 2. The van der Waals surface area contributed by atoms with Gasteiger partial charge >= 0.3 is 0 Å². The van der Waals surface area contributed by atoms with Crippen LogP contribution in [0.4, 0.5) is 0 Å². The fourth-order valence-corrected chi connectivity index (χ4v) is 2.56. The molecule has 0 saturated heterocycles. The Hall–Kier alpha value is -0.680. The van der Waals surface area contributed by atoms with Gasteiger partial charge < -0.3 is 4.42 Å². The van der Waals surface area contributed by atoms with Crippen molar-refractivity contribution in [2.24, 2.45) is 0 Å². The maximum Gasteiger partial charge on any atom is 0.247 e. The molecule has 5 heteroatoms. The molecule has 0 unspecified atom stereocenters. The van der Waals surface area contributed by atoms with Crippen molar-refractivity contribution in [3.8, 4) is 11.5 Å². The lowest BCUT2D eigenvalue weighted by Crippen LogP contribution is -1.85. The molecule has 1 aromatic carbocycles. The summed E-state index contributed by atoms with van der Waals surface area (Å²) in [6.45, 7) is 4.04. The average molecular weight is 346 g/mol. The van der Waals surface area contributed by atoms with E-state index in [2.05, 4.69) is 42.1 Å². The Morgan fingerprint density at radius 2 is 1.69 bits per heavy atom. The Morgan fingerprint density at radius 1 is 1.06 bits per heavy atom. The Balaban J connectivity index is 2.42. The van der Waals surface area contributed by atoms with E-state index >= 15 is 0 Å². The Bertz CT molecular complexity index is 488. The first-order valence-corrected chi connectivity index (χ1v) is 6.44. The van der Waals surface area contributed by atoms with E-state index in [0.717, 1.165) is 14.5 Å². The molecular formula is C11H10Br2N2O. The van der Waals surface area contributed by atoms with Crippen molar-refractivity contribution in [1.29, 1.82) is 0 Å². The summed E-state index contributed by atoms with van der Waals surface area (Å²) in [7, 11) is 0. The maximum absolute atomic E-state index is 5.58. The van der Waals surface area contributed by atoms with E-state index in [1.54, 1.807) is 0 Å². The Labute approximate surface area is 111 Å². The van der Waals surface area contributed by atoms with Gasteiger partial charge in [0.25, 0.3) is 0 Å². The zero-order valence-corrected chi connectivity index (χ0v) is 12.0. The lowest BCUT2D eigenvalue weighted by Gasteiger charge is -1.98. The second-order valence-electron chi connectivity index (χ2n) is 3.76. The molecule has 0 aliphatic rings. The van der Waals surface area contributed by atoms with Gasteiger partial charge in [0.1, 0.15) is 0 Å². The van der Waals surface area contributed by atoms with Crippen LogP contribution in [0, 0.1) is 0 Å². The first-order chi connectivity index (χ1) is 7.56. The summed E-state index contributed by atoms with van der Waals surface area (Å²) < 4.78 is 7.52. The molecule has 0 aliphatic heterocycles. The largest absolute Gasteiger partial charge is 0.420 e. The molecule has 1 aromatic heterocycles. The summed E-state index contributed by atoms with van der Waals surface area (Å²) in [5.41, 5.74) is 0.903. The van der Waals surface area contributed by atoms with Crippen molar-refractivity contribution in [2.45, 2.75) is 19.8 Å². The molecule has 84 valence electrons. The standard InChI is InChI=1S/C11H10Br2N2O/c1-6(2)10-14-15-11(16-10)7-3-8(12)5-9(13)4-7/h3-6H,1-2H3. The second-order valence-corrected chi connectivity index (χ2v) is 5.59. The maximum atomic E-state index is 5.58. The van der Waals surface area contributed by atoms with E-state index in [-0.39, 0.29) is 5.92 Å². The van der Waals surface area contributed by atoms with Gasteiger partial charge in [0, 0.05) is 20.4 Å². The topological polar surface area (TPSA) is 38.9 Å². The molecule has 0 radical (unpaired) electrons. The zero-order valence-electron chi connectivity index (χ0n) is 8.87. The number of benzene rings is 1. The van der Waals surface area contributed by atoms with Crippen LogP contribution < -0.4 is 0 Å². The predicted octanol–water partition coefficient (Wildman–Crippen LogP) is 4.39. The summed E-state index contributed by atoms with van der Waals surface area (Å²) in [6, 6.07) is 5.86. The van der Waals surface area contributed by atoms with E-state index < -0.39 is 0 Å². The van der Waals surface area contributed by atoms with Crippen molar-refractivity contribution in [3.05, 3.63) is 33.0 Å². The number of rotatable bonds is 2. The second kappa shape index (κ2) is 4.67. The molecule has 2 rings (SSSR count). The van der Waals surface area contributed by atoms with E-state index in [0.29, 0.717) is 11.8 Å². The molecule has 0 amide bonds. The third kappa shape index (κ3) is 2.52. The molecular weight excluding hydrogens is 336 g/mol. The van der Waals surface area contributed by atoms with Crippen LogP contribution in [-0.2, 0) is 0 Å². The van der Waals surface area contributed by atoms with Gasteiger partial charge in [-0.1, -0.05) is 45.7 Å². The number of hydrogen-bond donors (Lipinski definition) is 0. The lowest BCUT2D eigenvalue weighted by molar-refractivity contribution is 0.481. The van der Waals surface area contributed by atoms with Crippen molar-refractivity contribution in [2.75, 3.05) is 0 Å². The molecule has 1 heterocycles. The van der Waals surface area contributed by atoms with Gasteiger partial charge in [0.2, 0.25) is 11.8 Å². The van der Waals surface area contributed by atoms with Gasteiger partial charge in [-0.2, -0.15) is 0 Å². The summed E-state index contributed by atoms with van der Waals surface area (Å²) in [6.07, 6.45) is 0. The fourth-order valence-electron chi connectivity index (χ4n) is 1.26. The lowest BCUT2D eigenvalue weighted by atomic mass is 10.2. The number of nitrogens with zero attached hydrogens (tertiary/aromatic N) is 2. The summed E-state index contributed by atoms with van der Waals surface area (Å²) in [5, 5.41) is 8.04. The normalized spacial score (nSPS) is 11.1. The predicted molar refractivity (Wildman–Crippen MR) is 69.2 cm³/mol. The van der Waals surface area contributed by atoms with Gasteiger partial charge in [0.15, 0.2) is 0 Å². The van der Waals surface area contributed by atoms with E-state index in [1.165, 1.54) is 0 Å². The number of halogens is 2. The first kappa shape index (κ1) is 11.8. The summed E-state index contributed by atoms with van der Waals surface area (Å²) >= 11 is 6.85. The minimum atomic E-state index is 0.247. The first-order valence-electron chi connectivity index (χ1n) is 4.86. The zero-order chi connectivity index (χ0) is 11.7. The van der Waals surface area contributed by atoms with Crippen LogP contribution >= 0.6 is 31.9 Å². The minimum absolute atomic E-state index is 0.247. The van der Waals surface area contributed by atoms with Crippen molar-refractivity contribution < 1.29 is 4.42 Å². The fraction of sp³-hybridized carbons (Fsp3) is 0.273. The van der Waals surface area contributed by atoms with Gasteiger partial charge in [-0.15, -0.1) is 10.2 Å². The van der Waals surface area contributed by atoms with Crippen LogP contribution in [0.25, 0.3) is 11.5 Å². The van der Waals surface area contributed by atoms with E-state index in [4.69, 9.17) is 4.42 Å². The molecule has 0 N–H and O–H groups in total. The average Bonchev–Trinajstić information content (AvgIpc) is 2.64. The number of hydrogen-bond acceptors (Lipinski definition) is 3. The molecule has 0 spiro atoms. The Kier molecular flexibility index (Phi) is 3.44. The van der Waals surface area contributed by atoms with Crippen LogP contribution in [0.2, 0.25) is 0 Å².